The van der Waals surface area contributed by atoms with Crippen molar-refractivity contribution in [1.82, 2.24) is 10.2 Å². The third-order valence-electron chi connectivity index (χ3n) is 4.30. The smallest absolute Gasteiger partial charge is 0.134 e. The molecule has 1 aromatic rings. The Kier molecular flexibility index (Phi) is 4.69. The van der Waals surface area contributed by atoms with Crippen molar-refractivity contribution in [3.8, 4) is 5.75 Å². The van der Waals surface area contributed by atoms with Crippen LogP contribution in [0.15, 0.2) is 23.1 Å². The Bertz CT molecular complexity index is 584. The molecular weight excluding hydrogens is 296 g/mol. The number of fused-ring (bicyclic) bond motifs is 1. The number of methoxy groups -OCH3 is 1. The Labute approximate surface area is 135 Å². The van der Waals surface area contributed by atoms with E-state index in [0.717, 1.165) is 54.4 Å². The third-order valence-corrected chi connectivity index (χ3v) is 5.35. The summed E-state index contributed by atoms with van der Waals surface area (Å²) in [5.74, 6) is 2.96. The van der Waals surface area contributed by atoms with Crippen molar-refractivity contribution >= 4 is 23.4 Å². The summed E-state index contributed by atoms with van der Waals surface area (Å²) in [5.41, 5.74) is 0.875. The van der Waals surface area contributed by atoms with Gasteiger partial charge in [0.15, 0.2) is 0 Å². The van der Waals surface area contributed by atoms with Crippen LogP contribution >= 0.6 is 11.8 Å². The minimum atomic E-state index is 0.263. The normalized spacial score (nSPS) is 19.5. The van der Waals surface area contributed by atoms with E-state index in [1.165, 1.54) is 0 Å². The number of amidine groups is 2. The second kappa shape index (κ2) is 6.71. The molecular formula is C16H22N4OS. The van der Waals surface area contributed by atoms with Crippen LogP contribution in [0.25, 0.3) is 0 Å². The maximum atomic E-state index is 8.59. The monoisotopic (exact) mass is 318 g/mol. The van der Waals surface area contributed by atoms with Crippen LogP contribution in [0.2, 0.25) is 0 Å². The van der Waals surface area contributed by atoms with Gasteiger partial charge >= 0.3 is 0 Å². The van der Waals surface area contributed by atoms with E-state index >= 15 is 0 Å². The van der Waals surface area contributed by atoms with Gasteiger partial charge in [0, 0.05) is 28.7 Å². The number of nitrogens with zero attached hydrogens (tertiary/aromatic N) is 1. The number of hydrogen-bond donors (Lipinski definition) is 3. The quantitative estimate of drug-likeness (QED) is 0.578. The highest BCUT2D eigenvalue weighted by Crippen LogP contribution is 2.31. The van der Waals surface area contributed by atoms with E-state index in [1.54, 1.807) is 18.9 Å². The van der Waals surface area contributed by atoms with E-state index in [0.29, 0.717) is 11.7 Å². The van der Waals surface area contributed by atoms with Crippen molar-refractivity contribution in [1.29, 1.82) is 10.8 Å². The molecule has 0 unspecified atom stereocenters. The van der Waals surface area contributed by atoms with Crippen LogP contribution in [0.4, 0.5) is 0 Å². The molecule has 0 aromatic heterocycles. The molecule has 3 rings (SSSR count). The molecule has 0 aliphatic carbocycles. The highest BCUT2D eigenvalue weighted by Gasteiger charge is 2.28. The predicted octanol–water partition coefficient (Wildman–Crippen LogP) is 2.41. The molecule has 0 spiro atoms. The molecule has 0 bridgehead atoms. The van der Waals surface area contributed by atoms with Crippen molar-refractivity contribution in [2.45, 2.75) is 17.7 Å². The van der Waals surface area contributed by atoms with E-state index < -0.39 is 0 Å². The molecule has 2 aliphatic heterocycles. The number of nitrogens with one attached hydrogen (secondary N) is 3. The summed E-state index contributed by atoms with van der Waals surface area (Å²) < 4.78 is 5.30. The molecule has 2 heterocycles. The average molecular weight is 318 g/mol. The van der Waals surface area contributed by atoms with E-state index in [-0.39, 0.29) is 5.92 Å². The lowest BCUT2D eigenvalue weighted by atomic mass is 9.95. The largest absolute Gasteiger partial charge is 0.497 e. The van der Waals surface area contributed by atoms with Gasteiger partial charge in [-0.3, -0.25) is 10.8 Å². The van der Waals surface area contributed by atoms with E-state index in [2.05, 4.69) is 5.32 Å². The lowest BCUT2D eigenvalue weighted by molar-refractivity contribution is 0.414. The zero-order chi connectivity index (χ0) is 15.5. The van der Waals surface area contributed by atoms with Crippen molar-refractivity contribution in [2.75, 3.05) is 32.5 Å². The maximum absolute atomic E-state index is 8.59. The molecule has 22 heavy (non-hydrogen) atoms. The summed E-state index contributed by atoms with van der Waals surface area (Å²) in [6, 6.07) is 5.87. The van der Waals surface area contributed by atoms with E-state index in [9.17, 15) is 0 Å². The SMILES string of the molecule is COc1ccc2c(c1)C(=N)N(C(=N)C1CCNCC1)CCS2. The molecule has 1 aromatic carbocycles. The number of piperidine rings is 1. The maximum Gasteiger partial charge on any atom is 0.134 e. The van der Waals surface area contributed by atoms with Crippen molar-refractivity contribution in [3.63, 3.8) is 0 Å². The number of ether oxygens (including phenoxy) is 1. The topological polar surface area (TPSA) is 72.2 Å². The number of hydrogen-bond acceptors (Lipinski definition) is 5. The lowest BCUT2D eigenvalue weighted by Crippen LogP contribution is -2.44. The molecule has 2 aliphatic rings. The Morgan fingerprint density at radius 1 is 1.36 bits per heavy atom. The van der Waals surface area contributed by atoms with Crippen LogP contribution in [0.5, 0.6) is 5.75 Å². The van der Waals surface area contributed by atoms with Gasteiger partial charge in [-0.05, 0) is 44.1 Å². The molecule has 3 N–H and O–H groups in total. The van der Waals surface area contributed by atoms with Gasteiger partial charge in [0.1, 0.15) is 17.4 Å². The minimum absolute atomic E-state index is 0.263. The Morgan fingerprint density at radius 3 is 2.86 bits per heavy atom. The van der Waals surface area contributed by atoms with E-state index in [4.69, 9.17) is 15.6 Å². The first kappa shape index (κ1) is 15.4. The molecule has 0 atom stereocenters. The summed E-state index contributed by atoms with van der Waals surface area (Å²) in [6.45, 7) is 2.66. The molecule has 5 nitrogen and oxygen atoms in total. The van der Waals surface area contributed by atoms with Crippen molar-refractivity contribution < 1.29 is 4.74 Å². The van der Waals surface area contributed by atoms with Crippen molar-refractivity contribution in [2.24, 2.45) is 5.92 Å². The Balaban J connectivity index is 1.86. The van der Waals surface area contributed by atoms with Crippen LogP contribution in [-0.4, -0.2) is 49.1 Å². The van der Waals surface area contributed by atoms with Gasteiger partial charge in [-0.25, -0.2) is 0 Å². The fourth-order valence-electron chi connectivity index (χ4n) is 3.01. The fourth-order valence-corrected chi connectivity index (χ4v) is 3.98. The Hall–Kier alpha value is -1.53. The zero-order valence-corrected chi connectivity index (χ0v) is 13.6. The van der Waals surface area contributed by atoms with Gasteiger partial charge in [-0.2, -0.15) is 0 Å². The van der Waals surface area contributed by atoms with Gasteiger partial charge in [0.05, 0.1) is 7.11 Å². The third kappa shape index (κ3) is 2.98. The summed E-state index contributed by atoms with van der Waals surface area (Å²) in [5, 5.41) is 20.5. The van der Waals surface area contributed by atoms with Gasteiger partial charge in [0.2, 0.25) is 0 Å². The molecule has 118 valence electrons. The molecule has 0 saturated carbocycles. The molecule has 0 radical (unpaired) electrons. The van der Waals surface area contributed by atoms with E-state index in [1.807, 2.05) is 23.1 Å². The molecule has 0 amide bonds. The standard InChI is InChI=1S/C16H22N4OS/c1-21-12-2-3-14-13(10-12)16(18)20(8-9-22-14)15(17)11-4-6-19-7-5-11/h2-3,10-11,17-19H,4-9H2,1H3. The molecule has 6 heteroatoms. The first-order valence-electron chi connectivity index (χ1n) is 7.67. The molecule has 1 saturated heterocycles. The average Bonchev–Trinajstić information content (AvgIpc) is 2.74. The Morgan fingerprint density at radius 2 is 2.14 bits per heavy atom. The summed E-state index contributed by atoms with van der Waals surface area (Å²) >= 11 is 1.75. The minimum Gasteiger partial charge on any atom is -0.497 e. The van der Waals surface area contributed by atoms with Crippen LogP contribution in [0, 0.1) is 16.7 Å². The highest BCUT2D eigenvalue weighted by atomic mass is 32.2. The van der Waals surface area contributed by atoms with Gasteiger partial charge in [0.25, 0.3) is 0 Å². The van der Waals surface area contributed by atoms with Gasteiger partial charge in [-0.15, -0.1) is 11.8 Å². The summed E-state index contributed by atoms with van der Waals surface area (Å²) in [4.78, 5) is 2.99. The van der Waals surface area contributed by atoms with Crippen LogP contribution in [0.3, 0.4) is 0 Å². The van der Waals surface area contributed by atoms with Gasteiger partial charge < -0.3 is 15.0 Å². The van der Waals surface area contributed by atoms with Crippen LogP contribution < -0.4 is 10.1 Å². The summed E-state index contributed by atoms with van der Waals surface area (Å²) in [7, 11) is 1.64. The second-order valence-corrected chi connectivity index (χ2v) is 6.76. The number of thioether (sulfide) groups is 1. The highest BCUT2D eigenvalue weighted by molar-refractivity contribution is 7.99. The number of rotatable bonds is 2. The first-order chi connectivity index (χ1) is 10.7. The number of benzene rings is 1. The molecule has 1 fully saturated rings. The zero-order valence-electron chi connectivity index (χ0n) is 12.8. The first-order valence-corrected chi connectivity index (χ1v) is 8.65. The van der Waals surface area contributed by atoms with Crippen LogP contribution in [0.1, 0.15) is 18.4 Å². The lowest BCUT2D eigenvalue weighted by Gasteiger charge is -2.31. The van der Waals surface area contributed by atoms with Crippen LogP contribution in [-0.2, 0) is 0 Å². The van der Waals surface area contributed by atoms with Gasteiger partial charge in [-0.1, -0.05) is 0 Å². The van der Waals surface area contributed by atoms with Crippen molar-refractivity contribution in [3.05, 3.63) is 23.8 Å². The predicted molar refractivity (Wildman–Crippen MR) is 90.6 cm³/mol. The fraction of sp³-hybridized carbons (Fsp3) is 0.500. The second-order valence-electron chi connectivity index (χ2n) is 5.62. The summed E-state index contributed by atoms with van der Waals surface area (Å²) in [6.07, 6.45) is 1.97.